The minimum Gasteiger partial charge on any atom is -0.480 e. The fraction of sp³-hybridized carbons (Fsp3) is 0.583. The Labute approximate surface area is 111 Å². The molecule has 7 nitrogen and oxygen atoms in total. The Morgan fingerprint density at radius 1 is 1.63 bits per heavy atom. The van der Waals surface area contributed by atoms with Gasteiger partial charge in [-0.05, 0) is 20.3 Å². The van der Waals surface area contributed by atoms with Crippen molar-refractivity contribution in [3.05, 3.63) is 11.8 Å². The molecule has 1 atom stereocenters. The number of aromatic nitrogens is 2. The maximum atomic E-state index is 11.1. The third kappa shape index (κ3) is 2.76. The number of aliphatic carboxylic acids is 1. The molecule has 0 spiro atoms. The van der Waals surface area contributed by atoms with Gasteiger partial charge in [0.1, 0.15) is 5.54 Å². The molecule has 0 radical (unpaired) electrons. The van der Waals surface area contributed by atoms with E-state index in [0.29, 0.717) is 31.4 Å². The van der Waals surface area contributed by atoms with Crippen molar-refractivity contribution in [3.63, 3.8) is 0 Å². The van der Waals surface area contributed by atoms with Gasteiger partial charge in [-0.15, -0.1) is 0 Å². The normalized spacial score (nSPS) is 22.6. The first-order valence-corrected chi connectivity index (χ1v) is 6.20. The largest absolute Gasteiger partial charge is 0.480 e. The molecular weight excluding hydrogens is 248 g/mol. The molecule has 0 bridgehead atoms. The van der Waals surface area contributed by atoms with Crippen molar-refractivity contribution in [2.75, 3.05) is 24.6 Å². The molecule has 1 aliphatic rings. The van der Waals surface area contributed by atoms with Gasteiger partial charge in [0.25, 0.3) is 0 Å². The molecule has 19 heavy (non-hydrogen) atoms. The van der Waals surface area contributed by atoms with Gasteiger partial charge in [-0.25, -0.2) is 4.98 Å². The van der Waals surface area contributed by atoms with Crippen LogP contribution >= 0.6 is 0 Å². The topological polar surface area (TPSA) is 102 Å². The van der Waals surface area contributed by atoms with Gasteiger partial charge in [-0.2, -0.15) is 4.98 Å². The Kier molecular flexibility index (Phi) is 3.57. The lowest BCUT2D eigenvalue weighted by Gasteiger charge is -2.20. The first-order valence-electron chi connectivity index (χ1n) is 6.20. The first kappa shape index (κ1) is 13.5. The number of carbonyl (C=O) groups is 1. The van der Waals surface area contributed by atoms with Crippen LogP contribution in [0.3, 0.4) is 0 Å². The van der Waals surface area contributed by atoms with E-state index in [-0.39, 0.29) is 6.54 Å². The molecule has 0 aromatic carbocycles. The van der Waals surface area contributed by atoms with Gasteiger partial charge in [-0.3, -0.25) is 4.79 Å². The van der Waals surface area contributed by atoms with E-state index < -0.39 is 11.5 Å². The molecule has 2 heterocycles. The average Bonchev–Trinajstić information content (AvgIpc) is 2.73. The van der Waals surface area contributed by atoms with Crippen molar-refractivity contribution in [2.24, 2.45) is 5.73 Å². The smallest absolute Gasteiger partial charge is 0.325 e. The predicted octanol–water partition coefficient (Wildman–Crippen LogP) is 0.176. The Hall–Kier alpha value is -1.89. The molecule has 1 unspecified atom stereocenters. The van der Waals surface area contributed by atoms with E-state index in [0.717, 1.165) is 5.69 Å². The number of hydrogen-bond acceptors (Lipinski definition) is 6. The quantitative estimate of drug-likeness (QED) is 0.801. The van der Waals surface area contributed by atoms with Crippen molar-refractivity contribution < 1.29 is 14.6 Å². The Morgan fingerprint density at radius 2 is 2.37 bits per heavy atom. The second kappa shape index (κ2) is 5.00. The van der Waals surface area contributed by atoms with E-state index in [4.69, 9.17) is 15.6 Å². The molecule has 1 aromatic rings. The van der Waals surface area contributed by atoms with Crippen LogP contribution in [0, 0.1) is 6.92 Å². The van der Waals surface area contributed by atoms with Gasteiger partial charge >= 0.3 is 5.97 Å². The van der Waals surface area contributed by atoms with E-state index in [9.17, 15) is 4.79 Å². The molecule has 3 N–H and O–H groups in total. The second-order valence-electron chi connectivity index (χ2n) is 4.71. The summed E-state index contributed by atoms with van der Waals surface area (Å²) in [6, 6.07) is 1.75. The molecule has 1 saturated heterocycles. The molecule has 104 valence electrons. The lowest BCUT2D eigenvalue weighted by atomic mass is 10.0. The monoisotopic (exact) mass is 266 g/mol. The van der Waals surface area contributed by atoms with Crippen molar-refractivity contribution in [1.29, 1.82) is 0 Å². The maximum Gasteiger partial charge on any atom is 0.325 e. The lowest BCUT2D eigenvalue weighted by Crippen LogP contribution is -2.50. The highest BCUT2D eigenvalue weighted by Crippen LogP contribution is 2.24. The van der Waals surface area contributed by atoms with Crippen LogP contribution < -0.4 is 15.4 Å². The third-order valence-corrected chi connectivity index (χ3v) is 3.12. The zero-order valence-corrected chi connectivity index (χ0v) is 11.1. The van der Waals surface area contributed by atoms with Gasteiger partial charge in [0.05, 0.1) is 6.61 Å². The number of rotatable bonds is 4. The molecule has 0 saturated carbocycles. The summed E-state index contributed by atoms with van der Waals surface area (Å²) in [5.74, 6) is -0.0282. The second-order valence-corrected chi connectivity index (χ2v) is 4.71. The molecular formula is C12H18N4O3. The molecule has 2 rings (SSSR count). The highest BCUT2D eigenvalue weighted by atomic mass is 16.5. The lowest BCUT2D eigenvalue weighted by molar-refractivity contribution is -0.142. The van der Waals surface area contributed by atoms with Crippen LogP contribution in [0.25, 0.3) is 0 Å². The Morgan fingerprint density at radius 3 is 2.95 bits per heavy atom. The molecule has 1 fully saturated rings. The average molecular weight is 266 g/mol. The molecule has 7 heteroatoms. The fourth-order valence-corrected chi connectivity index (χ4v) is 2.07. The van der Waals surface area contributed by atoms with Crippen LogP contribution in [-0.4, -0.2) is 46.3 Å². The van der Waals surface area contributed by atoms with Gasteiger partial charge in [0, 0.05) is 24.8 Å². The number of aryl methyl sites for hydroxylation is 1. The summed E-state index contributed by atoms with van der Waals surface area (Å²) in [6.07, 6.45) is 0.379. The summed E-state index contributed by atoms with van der Waals surface area (Å²) >= 11 is 0. The Balaban J connectivity index is 2.21. The van der Waals surface area contributed by atoms with E-state index in [1.165, 1.54) is 0 Å². The van der Waals surface area contributed by atoms with Crippen LogP contribution in [0.1, 0.15) is 19.0 Å². The number of carboxylic acid groups (broad SMARTS) is 1. The summed E-state index contributed by atoms with van der Waals surface area (Å²) in [5, 5.41) is 9.11. The van der Waals surface area contributed by atoms with Crippen molar-refractivity contribution in [1.82, 2.24) is 9.97 Å². The van der Waals surface area contributed by atoms with Gasteiger partial charge in [0.15, 0.2) is 0 Å². The fourth-order valence-electron chi connectivity index (χ4n) is 2.07. The van der Waals surface area contributed by atoms with Crippen molar-refractivity contribution >= 4 is 11.9 Å². The SMILES string of the molecule is CCOc1cc(C)nc(N2CCC(N)(C(=O)O)C2)n1. The minimum absolute atomic E-state index is 0.206. The highest BCUT2D eigenvalue weighted by Gasteiger charge is 2.42. The van der Waals surface area contributed by atoms with Crippen LogP contribution in [0.15, 0.2) is 6.07 Å². The first-order chi connectivity index (χ1) is 8.94. The van der Waals surface area contributed by atoms with Crippen LogP contribution in [0.4, 0.5) is 5.95 Å². The van der Waals surface area contributed by atoms with E-state index in [1.807, 2.05) is 13.8 Å². The van der Waals surface area contributed by atoms with E-state index >= 15 is 0 Å². The summed E-state index contributed by atoms with van der Waals surface area (Å²) in [5.41, 5.74) is 5.39. The Bertz CT molecular complexity index is 494. The van der Waals surface area contributed by atoms with Crippen molar-refractivity contribution in [3.8, 4) is 5.88 Å². The van der Waals surface area contributed by atoms with Crippen molar-refractivity contribution in [2.45, 2.75) is 25.8 Å². The molecule has 1 aromatic heterocycles. The van der Waals surface area contributed by atoms with Gasteiger partial charge < -0.3 is 20.5 Å². The number of anilines is 1. The van der Waals surface area contributed by atoms with Crippen LogP contribution in [0.2, 0.25) is 0 Å². The minimum atomic E-state index is -1.22. The summed E-state index contributed by atoms with van der Waals surface area (Å²) in [4.78, 5) is 21.5. The third-order valence-electron chi connectivity index (χ3n) is 3.12. The summed E-state index contributed by atoms with van der Waals surface area (Å²) < 4.78 is 5.36. The van der Waals surface area contributed by atoms with Gasteiger partial charge in [-0.1, -0.05) is 0 Å². The zero-order valence-electron chi connectivity index (χ0n) is 11.1. The predicted molar refractivity (Wildman–Crippen MR) is 69.3 cm³/mol. The zero-order chi connectivity index (χ0) is 14.0. The van der Waals surface area contributed by atoms with Crippen LogP contribution in [0.5, 0.6) is 5.88 Å². The molecule has 0 amide bonds. The number of carboxylic acids is 1. The maximum absolute atomic E-state index is 11.1. The number of hydrogen-bond donors (Lipinski definition) is 2. The molecule has 1 aliphatic heterocycles. The number of nitrogens with zero attached hydrogens (tertiary/aromatic N) is 3. The standard InChI is InChI=1S/C12H18N4O3/c1-3-19-9-6-8(2)14-11(15-9)16-5-4-12(13,7-16)10(17)18/h6H,3-5,7,13H2,1-2H3,(H,17,18). The van der Waals surface area contributed by atoms with E-state index in [2.05, 4.69) is 9.97 Å². The summed E-state index contributed by atoms with van der Waals surface area (Å²) in [6.45, 7) is 4.97. The van der Waals surface area contributed by atoms with E-state index in [1.54, 1.807) is 11.0 Å². The molecule has 0 aliphatic carbocycles. The van der Waals surface area contributed by atoms with Gasteiger partial charge in [0.2, 0.25) is 11.8 Å². The summed E-state index contributed by atoms with van der Waals surface area (Å²) in [7, 11) is 0. The number of nitrogens with two attached hydrogens (primary N) is 1. The highest BCUT2D eigenvalue weighted by molar-refractivity contribution is 5.80. The van der Waals surface area contributed by atoms with Crippen LogP contribution in [-0.2, 0) is 4.79 Å². The number of ether oxygens (including phenoxy) is 1.